The molecule has 2 aromatic rings. The monoisotopic (exact) mass is 347 g/mol. The van der Waals surface area contributed by atoms with Gasteiger partial charge in [0.05, 0.1) is 8.81 Å². The Morgan fingerprint density at radius 2 is 2.17 bits per heavy atom. The van der Waals surface area contributed by atoms with Crippen molar-refractivity contribution in [2.45, 2.75) is 19.4 Å². The van der Waals surface area contributed by atoms with E-state index >= 15 is 0 Å². The fourth-order valence-electron chi connectivity index (χ4n) is 1.69. The molecule has 0 bridgehead atoms. The molecule has 1 heterocycles. The van der Waals surface area contributed by atoms with Crippen molar-refractivity contribution in [2.75, 3.05) is 0 Å². The third kappa shape index (κ3) is 3.12. The minimum atomic E-state index is -0.399. The summed E-state index contributed by atoms with van der Waals surface area (Å²) in [5.41, 5.74) is 8.27. The molecule has 0 spiro atoms. The predicted octanol–water partition coefficient (Wildman–Crippen LogP) is 4.85. The van der Waals surface area contributed by atoms with Crippen molar-refractivity contribution < 1.29 is 4.39 Å². The van der Waals surface area contributed by atoms with Crippen LogP contribution in [0.3, 0.4) is 0 Å². The molecule has 0 saturated heterocycles. The first-order chi connectivity index (χ1) is 8.47. The maximum absolute atomic E-state index is 13.0. The van der Waals surface area contributed by atoms with Crippen LogP contribution in [-0.2, 0) is 6.42 Å². The van der Waals surface area contributed by atoms with Crippen LogP contribution in [0.2, 0.25) is 5.02 Å². The Balaban J connectivity index is 2.15. The predicted molar refractivity (Wildman–Crippen MR) is 78.8 cm³/mol. The molecule has 0 fully saturated rings. The summed E-state index contributed by atoms with van der Waals surface area (Å²) >= 11 is 10.9. The average Bonchev–Trinajstić information content (AvgIpc) is 2.65. The van der Waals surface area contributed by atoms with Crippen LogP contribution in [0.4, 0.5) is 4.39 Å². The quantitative estimate of drug-likeness (QED) is 0.842. The molecule has 0 aliphatic heterocycles. The molecule has 1 unspecified atom stereocenters. The van der Waals surface area contributed by atoms with Crippen molar-refractivity contribution in [1.82, 2.24) is 0 Å². The highest BCUT2D eigenvalue weighted by Crippen LogP contribution is 2.32. The summed E-state index contributed by atoms with van der Waals surface area (Å²) in [5.74, 6) is -0.399. The van der Waals surface area contributed by atoms with E-state index in [2.05, 4.69) is 22.0 Å². The highest BCUT2D eigenvalue weighted by atomic mass is 79.9. The number of halogens is 3. The summed E-state index contributed by atoms with van der Waals surface area (Å²) in [6.07, 6.45) is 0.645. The standard InChI is InChI=1S/C13H12BrClFNS/c1-7-4-12(18-13(7)14)11(17)6-8-2-3-10(16)9(15)5-8/h2-5,11H,6,17H2,1H3. The number of nitrogens with two attached hydrogens (primary N) is 1. The molecule has 0 radical (unpaired) electrons. The maximum Gasteiger partial charge on any atom is 0.141 e. The Morgan fingerprint density at radius 3 is 2.72 bits per heavy atom. The van der Waals surface area contributed by atoms with Gasteiger partial charge in [0.25, 0.3) is 0 Å². The second kappa shape index (κ2) is 5.70. The van der Waals surface area contributed by atoms with Gasteiger partial charge in [-0.3, -0.25) is 0 Å². The summed E-state index contributed by atoms with van der Waals surface area (Å²) in [4.78, 5) is 1.11. The third-order valence-corrected chi connectivity index (χ3v) is 5.24. The van der Waals surface area contributed by atoms with Gasteiger partial charge in [-0.15, -0.1) is 11.3 Å². The summed E-state index contributed by atoms with van der Waals surface area (Å²) in [6, 6.07) is 6.70. The fourth-order valence-corrected chi connectivity index (χ4v) is 3.46. The zero-order valence-corrected chi connectivity index (χ0v) is 12.9. The van der Waals surface area contributed by atoms with Gasteiger partial charge in [0.15, 0.2) is 0 Å². The van der Waals surface area contributed by atoms with Gasteiger partial charge in [-0.05, 0) is 58.6 Å². The van der Waals surface area contributed by atoms with Crippen LogP contribution in [0, 0.1) is 12.7 Å². The molecule has 0 amide bonds. The molecule has 1 aromatic heterocycles. The molecule has 2 rings (SSSR count). The van der Waals surface area contributed by atoms with Gasteiger partial charge >= 0.3 is 0 Å². The van der Waals surface area contributed by atoms with Crippen LogP contribution in [0.5, 0.6) is 0 Å². The number of rotatable bonds is 3. The number of thiophene rings is 1. The van der Waals surface area contributed by atoms with Gasteiger partial charge in [0, 0.05) is 10.9 Å². The highest BCUT2D eigenvalue weighted by Gasteiger charge is 2.12. The topological polar surface area (TPSA) is 26.0 Å². The van der Waals surface area contributed by atoms with E-state index < -0.39 is 5.82 Å². The van der Waals surface area contributed by atoms with E-state index in [0.717, 1.165) is 14.2 Å². The number of hydrogen-bond donors (Lipinski definition) is 1. The minimum absolute atomic E-state index is 0.0958. The number of benzene rings is 1. The van der Waals surface area contributed by atoms with Crippen molar-refractivity contribution in [2.24, 2.45) is 5.73 Å². The molecular formula is C13H12BrClFNS. The first kappa shape index (κ1) is 14.0. The zero-order valence-electron chi connectivity index (χ0n) is 9.71. The first-order valence-corrected chi connectivity index (χ1v) is 7.41. The van der Waals surface area contributed by atoms with Crippen molar-refractivity contribution in [1.29, 1.82) is 0 Å². The second-order valence-corrected chi connectivity index (χ2v) is 6.97. The lowest BCUT2D eigenvalue weighted by Gasteiger charge is -2.10. The van der Waals surface area contributed by atoms with E-state index in [1.165, 1.54) is 11.6 Å². The van der Waals surface area contributed by atoms with Gasteiger partial charge in [0.1, 0.15) is 5.82 Å². The minimum Gasteiger partial charge on any atom is -0.323 e. The Hall–Kier alpha value is -0.420. The molecule has 5 heteroatoms. The Kier molecular flexibility index (Phi) is 4.43. The normalized spacial score (nSPS) is 12.7. The van der Waals surface area contributed by atoms with Crippen molar-refractivity contribution in [3.05, 3.63) is 54.9 Å². The molecule has 1 atom stereocenters. The van der Waals surface area contributed by atoms with Gasteiger partial charge in [-0.25, -0.2) is 4.39 Å². The van der Waals surface area contributed by atoms with Crippen LogP contribution >= 0.6 is 38.9 Å². The van der Waals surface area contributed by atoms with Crippen molar-refractivity contribution >= 4 is 38.9 Å². The summed E-state index contributed by atoms with van der Waals surface area (Å²) in [7, 11) is 0. The SMILES string of the molecule is Cc1cc(C(N)Cc2ccc(F)c(Cl)c2)sc1Br. The van der Waals surface area contributed by atoms with E-state index in [1.54, 1.807) is 23.5 Å². The van der Waals surface area contributed by atoms with Crippen LogP contribution in [0.15, 0.2) is 28.1 Å². The fraction of sp³-hybridized carbons (Fsp3) is 0.231. The lowest BCUT2D eigenvalue weighted by Crippen LogP contribution is -2.11. The highest BCUT2D eigenvalue weighted by molar-refractivity contribution is 9.11. The lowest BCUT2D eigenvalue weighted by atomic mass is 10.1. The molecule has 1 aromatic carbocycles. The first-order valence-electron chi connectivity index (χ1n) is 5.42. The number of hydrogen-bond acceptors (Lipinski definition) is 2. The molecule has 96 valence electrons. The van der Waals surface area contributed by atoms with E-state index in [9.17, 15) is 4.39 Å². The van der Waals surface area contributed by atoms with E-state index in [1.807, 2.05) is 6.92 Å². The van der Waals surface area contributed by atoms with E-state index in [4.69, 9.17) is 17.3 Å². The Morgan fingerprint density at radius 1 is 1.44 bits per heavy atom. The van der Waals surface area contributed by atoms with Crippen LogP contribution < -0.4 is 5.73 Å². The van der Waals surface area contributed by atoms with Crippen molar-refractivity contribution in [3.8, 4) is 0 Å². The molecule has 0 saturated carbocycles. The molecule has 1 nitrogen and oxygen atoms in total. The lowest BCUT2D eigenvalue weighted by molar-refractivity contribution is 0.626. The average molecular weight is 349 g/mol. The van der Waals surface area contributed by atoms with Gasteiger partial charge in [-0.2, -0.15) is 0 Å². The van der Waals surface area contributed by atoms with Gasteiger partial charge in [0.2, 0.25) is 0 Å². The van der Waals surface area contributed by atoms with Gasteiger partial charge < -0.3 is 5.73 Å². The van der Waals surface area contributed by atoms with Crippen molar-refractivity contribution in [3.63, 3.8) is 0 Å². The van der Waals surface area contributed by atoms with E-state index in [0.29, 0.717) is 6.42 Å². The molecule has 0 aliphatic rings. The van der Waals surface area contributed by atoms with Crippen LogP contribution in [0.25, 0.3) is 0 Å². The summed E-state index contributed by atoms with van der Waals surface area (Å²) in [5, 5.41) is 0.142. The molecule has 0 aliphatic carbocycles. The zero-order chi connectivity index (χ0) is 13.3. The summed E-state index contributed by atoms with van der Waals surface area (Å²) in [6.45, 7) is 2.03. The Labute approximate surface area is 123 Å². The number of aryl methyl sites for hydroxylation is 1. The molecule has 18 heavy (non-hydrogen) atoms. The maximum atomic E-state index is 13.0. The van der Waals surface area contributed by atoms with Gasteiger partial charge in [-0.1, -0.05) is 17.7 Å². The third-order valence-electron chi connectivity index (χ3n) is 2.68. The van der Waals surface area contributed by atoms with Crippen LogP contribution in [0.1, 0.15) is 22.0 Å². The van der Waals surface area contributed by atoms with Crippen LogP contribution in [-0.4, -0.2) is 0 Å². The summed E-state index contributed by atoms with van der Waals surface area (Å²) < 4.78 is 14.1. The second-order valence-electron chi connectivity index (χ2n) is 4.16. The largest absolute Gasteiger partial charge is 0.323 e. The molecular weight excluding hydrogens is 337 g/mol. The van der Waals surface area contributed by atoms with E-state index in [-0.39, 0.29) is 11.1 Å². The molecule has 2 N–H and O–H groups in total. The smallest absolute Gasteiger partial charge is 0.141 e. The Bertz CT molecular complexity index is 551.